The summed E-state index contributed by atoms with van der Waals surface area (Å²) in [5.74, 6) is 1.82. The van der Waals surface area contributed by atoms with Crippen LogP contribution in [0.2, 0.25) is 0 Å². The first-order valence-corrected chi connectivity index (χ1v) is 7.44. The second-order valence-electron chi connectivity index (χ2n) is 4.81. The van der Waals surface area contributed by atoms with Gasteiger partial charge in [0.05, 0.1) is 0 Å². The minimum absolute atomic E-state index is 0.0208. The lowest BCUT2D eigenvalue weighted by Gasteiger charge is -2.39. The largest absolute Gasteiger partial charge is 0.343 e. The highest BCUT2D eigenvalue weighted by Gasteiger charge is 2.39. The molecule has 2 atom stereocenters. The van der Waals surface area contributed by atoms with Gasteiger partial charge in [0, 0.05) is 18.1 Å². The molecule has 0 aromatic rings. The second-order valence-corrected chi connectivity index (χ2v) is 5.96. The van der Waals surface area contributed by atoms with Crippen LogP contribution in [0.5, 0.6) is 0 Å². The minimum Gasteiger partial charge on any atom is -0.343 e. The number of carbonyl (C=O) groups is 2. The number of nitrogens with zero attached hydrogens (tertiary/aromatic N) is 1. The van der Waals surface area contributed by atoms with Crippen molar-refractivity contribution in [1.29, 1.82) is 0 Å². The quantitative estimate of drug-likeness (QED) is 0.584. The highest BCUT2D eigenvalue weighted by Crippen LogP contribution is 2.18. The van der Waals surface area contributed by atoms with E-state index in [1.807, 2.05) is 19.9 Å². The van der Waals surface area contributed by atoms with Crippen LogP contribution in [0.4, 0.5) is 0 Å². The Labute approximate surface area is 113 Å². The van der Waals surface area contributed by atoms with Crippen LogP contribution < -0.4 is 5.32 Å². The fourth-order valence-electron chi connectivity index (χ4n) is 2.13. The Morgan fingerprint density at radius 1 is 1.50 bits per heavy atom. The van der Waals surface area contributed by atoms with Crippen molar-refractivity contribution in [2.45, 2.75) is 32.9 Å². The van der Waals surface area contributed by atoms with E-state index >= 15 is 0 Å². The normalized spacial score (nSPS) is 24.3. The highest BCUT2D eigenvalue weighted by molar-refractivity contribution is 7.99. The van der Waals surface area contributed by atoms with E-state index in [1.54, 1.807) is 23.6 Å². The Balaban J connectivity index is 2.69. The summed E-state index contributed by atoms with van der Waals surface area (Å²) in [6, 6.07) is -0.741. The minimum atomic E-state index is -0.406. The van der Waals surface area contributed by atoms with E-state index < -0.39 is 6.04 Å². The third-order valence-corrected chi connectivity index (χ3v) is 3.90. The van der Waals surface area contributed by atoms with Gasteiger partial charge in [0.15, 0.2) is 0 Å². The molecule has 0 aromatic heterocycles. The van der Waals surface area contributed by atoms with Gasteiger partial charge in [-0.05, 0) is 12.8 Å². The molecule has 0 radical (unpaired) electrons. The van der Waals surface area contributed by atoms with Gasteiger partial charge in [-0.3, -0.25) is 9.59 Å². The number of amides is 2. The molecule has 1 rings (SSSR count). The maximum atomic E-state index is 12.1. The Bertz CT molecular complexity index is 331. The summed E-state index contributed by atoms with van der Waals surface area (Å²) in [7, 11) is 0. The zero-order valence-electron chi connectivity index (χ0n) is 11.3. The predicted molar refractivity (Wildman–Crippen MR) is 75.5 cm³/mol. The summed E-state index contributed by atoms with van der Waals surface area (Å²) in [6.07, 6.45) is 1.85. The molecule has 0 bridgehead atoms. The van der Waals surface area contributed by atoms with Crippen LogP contribution in [-0.2, 0) is 9.59 Å². The summed E-state index contributed by atoms with van der Waals surface area (Å²) < 4.78 is 0. The molecule has 18 heavy (non-hydrogen) atoms. The molecule has 102 valence electrons. The molecule has 4 nitrogen and oxygen atoms in total. The fraction of sp³-hybridized carbons (Fsp3) is 0.692. The van der Waals surface area contributed by atoms with Gasteiger partial charge in [-0.15, -0.1) is 6.58 Å². The van der Waals surface area contributed by atoms with E-state index in [-0.39, 0.29) is 23.8 Å². The Morgan fingerprint density at radius 2 is 2.17 bits per heavy atom. The van der Waals surface area contributed by atoms with Crippen LogP contribution in [0.1, 0.15) is 20.8 Å². The third kappa shape index (κ3) is 3.51. The smallest absolute Gasteiger partial charge is 0.245 e. The van der Waals surface area contributed by atoms with Crippen molar-refractivity contribution in [2.75, 3.05) is 18.1 Å². The molecule has 1 heterocycles. The monoisotopic (exact) mass is 270 g/mol. The Morgan fingerprint density at radius 3 is 2.72 bits per heavy atom. The number of thioether (sulfide) groups is 1. The number of piperazine rings is 1. The van der Waals surface area contributed by atoms with Gasteiger partial charge < -0.3 is 10.2 Å². The van der Waals surface area contributed by atoms with Crippen molar-refractivity contribution in [2.24, 2.45) is 5.92 Å². The molecule has 1 N–H and O–H groups in total. The molecule has 5 heteroatoms. The maximum absolute atomic E-state index is 12.1. The van der Waals surface area contributed by atoms with Crippen molar-refractivity contribution >= 4 is 23.6 Å². The molecular weight excluding hydrogens is 248 g/mol. The average molecular weight is 270 g/mol. The maximum Gasteiger partial charge on any atom is 0.245 e. The van der Waals surface area contributed by atoms with Crippen LogP contribution in [0.15, 0.2) is 12.7 Å². The molecule has 2 amide bonds. The van der Waals surface area contributed by atoms with Crippen molar-refractivity contribution in [3.8, 4) is 0 Å². The van der Waals surface area contributed by atoms with Gasteiger partial charge in [-0.2, -0.15) is 11.8 Å². The van der Waals surface area contributed by atoms with Gasteiger partial charge in [0.2, 0.25) is 11.8 Å². The topological polar surface area (TPSA) is 49.4 Å². The van der Waals surface area contributed by atoms with Crippen molar-refractivity contribution in [3.05, 3.63) is 12.7 Å². The first kappa shape index (κ1) is 15.1. The zero-order valence-corrected chi connectivity index (χ0v) is 12.1. The third-order valence-electron chi connectivity index (χ3n) is 2.96. The highest BCUT2D eigenvalue weighted by atomic mass is 32.2. The van der Waals surface area contributed by atoms with Crippen LogP contribution in [0.3, 0.4) is 0 Å². The average Bonchev–Trinajstić information content (AvgIpc) is 2.29. The lowest BCUT2D eigenvalue weighted by molar-refractivity contribution is -0.150. The number of hydrogen-bond acceptors (Lipinski definition) is 3. The summed E-state index contributed by atoms with van der Waals surface area (Å²) in [6.45, 7) is 9.96. The molecule has 0 saturated carbocycles. The Kier molecular flexibility index (Phi) is 5.72. The van der Waals surface area contributed by atoms with Crippen molar-refractivity contribution in [3.63, 3.8) is 0 Å². The Hall–Kier alpha value is -0.970. The predicted octanol–water partition coefficient (Wildman–Crippen LogP) is 1.28. The lowest BCUT2D eigenvalue weighted by Crippen LogP contribution is -2.64. The number of carbonyl (C=O) groups excluding carboxylic acids is 2. The van der Waals surface area contributed by atoms with E-state index in [4.69, 9.17) is 0 Å². The van der Waals surface area contributed by atoms with Gasteiger partial charge in [0.1, 0.15) is 12.1 Å². The zero-order chi connectivity index (χ0) is 13.7. The van der Waals surface area contributed by atoms with Crippen molar-refractivity contribution < 1.29 is 9.59 Å². The van der Waals surface area contributed by atoms with E-state index in [1.165, 1.54) is 0 Å². The van der Waals surface area contributed by atoms with Crippen LogP contribution in [-0.4, -0.2) is 46.8 Å². The van der Waals surface area contributed by atoms with Crippen LogP contribution >= 0.6 is 11.8 Å². The summed E-state index contributed by atoms with van der Waals surface area (Å²) in [5, 5.41) is 2.74. The molecule has 2 unspecified atom stereocenters. The summed E-state index contributed by atoms with van der Waals surface area (Å²) in [5.41, 5.74) is 0. The van der Waals surface area contributed by atoms with Gasteiger partial charge in [-0.25, -0.2) is 0 Å². The van der Waals surface area contributed by atoms with E-state index in [2.05, 4.69) is 11.9 Å². The SMILES string of the molecule is C=CCSCCN1C(=O)C(C)NC(=O)C1C(C)C. The molecule has 1 aliphatic rings. The van der Waals surface area contributed by atoms with Gasteiger partial charge in [0.25, 0.3) is 0 Å². The first-order chi connectivity index (χ1) is 8.49. The fourth-order valence-corrected chi connectivity index (χ4v) is 2.79. The first-order valence-electron chi connectivity index (χ1n) is 6.28. The van der Waals surface area contributed by atoms with Crippen LogP contribution in [0, 0.1) is 5.92 Å². The standard InChI is InChI=1S/C13H22N2O2S/c1-5-7-18-8-6-15-11(9(2)3)12(16)14-10(4)13(15)17/h5,9-11H,1,6-8H2,2-4H3,(H,14,16). The summed E-state index contributed by atoms with van der Waals surface area (Å²) in [4.78, 5) is 25.8. The molecule has 1 saturated heterocycles. The summed E-state index contributed by atoms with van der Waals surface area (Å²) >= 11 is 1.72. The lowest BCUT2D eigenvalue weighted by atomic mass is 9.97. The number of nitrogens with one attached hydrogen (secondary N) is 1. The molecular formula is C13H22N2O2S. The molecule has 1 fully saturated rings. The molecule has 0 spiro atoms. The van der Waals surface area contributed by atoms with Crippen molar-refractivity contribution in [1.82, 2.24) is 10.2 Å². The van der Waals surface area contributed by atoms with Crippen LogP contribution in [0.25, 0.3) is 0 Å². The van der Waals surface area contributed by atoms with E-state index in [9.17, 15) is 9.59 Å². The molecule has 0 aromatic carbocycles. The second kappa shape index (κ2) is 6.83. The van der Waals surface area contributed by atoms with Gasteiger partial charge >= 0.3 is 0 Å². The molecule has 0 aliphatic carbocycles. The number of rotatable bonds is 6. The number of hydrogen-bond donors (Lipinski definition) is 1. The van der Waals surface area contributed by atoms with E-state index in [0.717, 1.165) is 11.5 Å². The molecule has 1 aliphatic heterocycles. The van der Waals surface area contributed by atoms with Gasteiger partial charge in [-0.1, -0.05) is 19.9 Å². The van der Waals surface area contributed by atoms with E-state index in [0.29, 0.717) is 6.54 Å².